The molecule has 8 nitrogen and oxygen atoms in total. The van der Waals surface area contributed by atoms with Crippen molar-refractivity contribution in [3.63, 3.8) is 0 Å². The molecule has 0 amide bonds. The third-order valence-electron chi connectivity index (χ3n) is 6.03. The van der Waals surface area contributed by atoms with E-state index in [1.165, 1.54) is 27.2 Å². The summed E-state index contributed by atoms with van der Waals surface area (Å²) in [5, 5.41) is 9.02. The van der Waals surface area contributed by atoms with Crippen LogP contribution in [0.4, 0.5) is 24.1 Å². The van der Waals surface area contributed by atoms with E-state index in [0.29, 0.717) is 17.8 Å². The number of hydrogen-bond acceptors (Lipinski definition) is 8. The number of ether oxygens (including phenoxy) is 1. The summed E-state index contributed by atoms with van der Waals surface area (Å²) in [6.45, 7) is 4.81. The van der Waals surface area contributed by atoms with Crippen LogP contribution in [0.1, 0.15) is 25.5 Å². The molecular formula is C19H22F3N7OS. The number of nitrogens with one attached hydrogen (secondary N) is 1. The van der Waals surface area contributed by atoms with Gasteiger partial charge in [0.25, 0.3) is 5.88 Å². The van der Waals surface area contributed by atoms with E-state index in [-0.39, 0.29) is 17.6 Å². The highest BCUT2D eigenvalue weighted by Crippen LogP contribution is 2.41. The molecular weight excluding hydrogens is 431 g/mol. The summed E-state index contributed by atoms with van der Waals surface area (Å²) in [5.41, 5.74) is 1.19. The van der Waals surface area contributed by atoms with Crippen LogP contribution in [0, 0.1) is 18.8 Å². The molecule has 0 spiro atoms. The Morgan fingerprint density at radius 3 is 2.65 bits per heavy atom. The van der Waals surface area contributed by atoms with Crippen molar-refractivity contribution in [1.82, 2.24) is 24.0 Å². The minimum Gasteiger partial charge on any atom is -0.462 e. The van der Waals surface area contributed by atoms with Crippen molar-refractivity contribution in [3.8, 4) is 5.88 Å². The van der Waals surface area contributed by atoms with Crippen molar-refractivity contribution >= 4 is 28.1 Å². The number of hydrogen-bond donors (Lipinski definition) is 1. The highest BCUT2D eigenvalue weighted by Gasteiger charge is 2.43. The highest BCUT2D eigenvalue weighted by atomic mass is 32.1. The summed E-state index contributed by atoms with van der Waals surface area (Å²) in [7, 11) is 0. The first-order valence-electron chi connectivity index (χ1n) is 10.2. The molecule has 2 aliphatic rings. The fraction of sp³-hybridized carbons (Fsp3) is 0.579. The molecule has 3 aromatic heterocycles. The monoisotopic (exact) mass is 453 g/mol. The Labute approximate surface area is 180 Å². The molecule has 2 fully saturated rings. The largest absolute Gasteiger partial charge is 0.462 e. The molecule has 31 heavy (non-hydrogen) atoms. The smallest absolute Gasteiger partial charge is 0.425 e. The average molecular weight is 453 g/mol. The van der Waals surface area contributed by atoms with E-state index in [2.05, 4.69) is 35.7 Å². The summed E-state index contributed by atoms with van der Waals surface area (Å²) in [6.07, 6.45) is -1.36. The number of fused-ring (bicyclic) bond motifs is 3. The molecule has 3 aromatic rings. The highest BCUT2D eigenvalue weighted by molar-refractivity contribution is 7.10. The van der Waals surface area contributed by atoms with Crippen molar-refractivity contribution in [2.45, 2.75) is 45.0 Å². The molecule has 0 unspecified atom stereocenters. The Kier molecular flexibility index (Phi) is 4.91. The van der Waals surface area contributed by atoms with Gasteiger partial charge in [0, 0.05) is 31.5 Å². The Morgan fingerprint density at radius 2 is 2.00 bits per heavy atom. The number of halogens is 3. The summed E-state index contributed by atoms with van der Waals surface area (Å²) < 4.78 is 49.4. The lowest BCUT2D eigenvalue weighted by Crippen LogP contribution is -2.48. The Hall–Kier alpha value is -2.63. The predicted octanol–water partition coefficient (Wildman–Crippen LogP) is 3.55. The topological polar surface area (TPSA) is 80.5 Å². The van der Waals surface area contributed by atoms with Gasteiger partial charge < -0.3 is 15.0 Å². The van der Waals surface area contributed by atoms with Crippen LogP contribution in [0.15, 0.2) is 18.5 Å². The summed E-state index contributed by atoms with van der Waals surface area (Å²) in [5.74, 6) is 1.06. The molecule has 1 aliphatic carbocycles. The van der Waals surface area contributed by atoms with Gasteiger partial charge in [-0.05, 0) is 56.1 Å². The normalized spacial score (nSPS) is 24.5. The molecule has 0 aromatic carbocycles. The summed E-state index contributed by atoms with van der Waals surface area (Å²) in [6, 6.07) is 2.34. The van der Waals surface area contributed by atoms with E-state index in [0.717, 1.165) is 38.5 Å². The van der Waals surface area contributed by atoms with Crippen LogP contribution in [0.25, 0.3) is 5.65 Å². The van der Waals surface area contributed by atoms with Crippen LogP contribution in [0.5, 0.6) is 5.88 Å². The maximum absolute atomic E-state index is 12.9. The second kappa shape index (κ2) is 7.50. The number of rotatable bonds is 5. The maximum Gasteiger partial charge on any atom is 0.425 e. The van der Waals surface area contributed by atoms with Crippen LogP contribution in [-0.4, -0.2) is 55.4 Å². The molecule has 4 atom stereocenters. The van der Waals surface area contributed by atoms with Gasteiger partial charge in [-0.15, -0.1) is 5.10 Å². The van der Waals surface area contributed by atoms with Gasteiger partial charge in [0.15, 0.2) is 6.10 Å². The third kappa shape index (κ3) is 3.88. The van der Waals surface area contributed by atoms with E-state index in [1.54, 1.807) is 6.20 Å². The molecule has 1 saturated carbocycles. The lowest BCUT2D eigenvalue weighted by atomic mass is 9.92. The van der Waals surface area contributed by atoms with E-state index in [4.69, 9.17) is 4.74 Å². The van der Waals surface area contributed by atoms with E-state index in [9.17, 15) is 13.2 Å². The second-order valence-corrected chi connectivity index (χ2v) is 9.00. The van der Waals surface area contributed by atoms with Crippen LogP contribution < -0.4 is 15.0 Å². The minimum atomic E-state index is -4.49. The minimum absolute atomic E-state index is 0.158. The molecule has 1 saturated heterocycles. The Morgan fingerprint density at radius 1 is 1.26 bits per heavy atom. The zero-order chi connectivity index (χ0) is 21.8. The number of piperidine rings is 1. The summed E-state index contributed by atoms with van der Waals surface area (Å²) >= 11 is 1.53. The molecule has 4 heterocycles. The molecule has 5 rings (SSSR count). The van der Waals surface area contributed by atoms with Gasteiger partial charge in [-0.2, -0.15) is 22.5 Å². The first kappa shape index (κ1) is 20.3. The van der Waals surface area contributed by atoms with Crippen molar-refractivity contribution < 1.29 is 17.9 Å². The molecule has 2 bridgehead atoms. The van der Waals surface area contributed by atoms with Gasteiger partial charge in [-0.1, -0.05) is 0 Å². The predicted molar refractivity (Wildman–Crippen MR) is 110 cm³/mol. The van der Waals surface area contributed by atoms with Gasteiger partial charge in [-0.25, -0.2) is 9.50 Å². The number of anilines is 2. The molecule has 12 heteroatoms. The van der Waals surface area contributed by atoms with E-state index < -0.39 is 12.3 Å². The third-order valence-corrected chi connectivity index (χ3v) is 6.97. The SMILES string of the molecule is Cc1cc(N2C[C@H]3CC[C@@H](C2)[C@@H]3Nc2nc3c(O[C@H](C)C(F)(F)F)nccn3n2)sn1. The lowest BCUT2D eigenvalue weighted by molar-refractivity contribution is -0.189. The number of aromatic nitrogens is 5. The van der Waals surface area contributed by atoms with Crippen LogP contribution in [0.3, 0.4) is 0 Å². The van der Waals surface area contributed by atoms with Gasteiger partial charge in [-0.3, -0.25) is 0 Å². The first-order chi connectivity index (χ1) is 14.8. The van der Waals surface area contributed by atoms with Gasteiger partial charge in [0.1, 0.15) is 5.00 Å². The van der Waals surface area contributed by atoms with Crippen molar-refractivity contribution in [2.24, 2.45) is 11.8 Å². The number of nitrogens with zero attached hydrogens (tertiary/aromatic N) is 6. The fourth-order valence-corrected chi connectivity index (χ4v) is 5.24. The Bertz CT molecular complexity index is 1070. The number of alkyl halides is 3. The van der Waals surface area contributed by atoms with Crippen molar-refractivity contribution in [3.05, 3.63) is 24.2 Å². The molecule has 1 aliphatic heterocycles. The van der Waals surface area contributed by atoms with Crippen LogP contribution in [0.2, 0.25) is 0 Å². The standard InChI is InChI=1S/C19H22F3N7OS/c1-10-7-14(31-27-10)28-8-12-3-4-13(9-28)15(12)24-18-25-16-17(23-5-6-29(16)26-18)30-11(2)19(20,21)22/h5-7,11-13,15H,3-4,8-9H2,1-2H3,(H,24,26)/t11-,12-,13+,15-/m1/s1. The van der Waals surface area contributed by atoms with E-state index in [1.807, 2.05) is 6.92 Å². The van der Waals surface area contributed by atoms with Gasteiger partial charge in [0.05, 0.1) is 5.69 Å². The summed E-state index contributed by atoms with van der Waals surface area (Å²) in [4.78, 5) is 10.7. The zero-order valence-electron chi connectivity index (χ0n) is 17.0. The molecule has 0 radical (unpaired) electrons. The first-order valence-corrected chi connectivity index (χ1v) is 10.9. The zero-order valence-corrected chi connectivity index (χ0v) is 17.8. The van der Waals surface area contributed by atoms with Crippen molar-refractivity contribution in [2.75, 3.05) is 23.3 Å². The Balaban J connectivity index is 1.33. The van der Waals surface area contributed by atoms with E-state index >= 15 is 0 Å². The average Bonchev–Trinajstić information content (AvgIpc) is 3.38. The van der Waals surface area contributed by atoms with Crippen LogP contribution in [-0.2, 0) is 0 Å². The molecule has 166 valence electrons. The number of aryl methyl sites for hydroxylation is 1. The maximum atomic E-state index is 12.9. The van der Waals surface area contributed by atoms with Crippen LogP contribution >= 0.6 is 11.5 Å². The van der Waals surface area contributed by atoms with Crippen molar-refractivity contribution in [1.29, 1.82) is 0 Å². The quantitative estimate of drug-likeness (QED) is 0.633. The molecule has 1 N–H and O–H groups in total. The van der Waals surface area contributed by atoms with Gasteiger partial charge >= 0.3 is 6.18 Å². The fourth-order valence-electron chi connectivity index (χ4n) is 4.46. The lowest BCUT2D eigenvalue weighted by Gasteiger charge is -2.38. The second-order valence-electron chi connectivity index (χ2n) is 8.22. The van der Waals surface area contributed by atoms with Gasteiger partial charge in [0.2, 0.25) is 11.6 Å².